The van der Waals surface area contributed by atoms with E-state index in [0.717, 1.165) is 11.3 Å². The molecule has 0 aliphatic carbocycles. The van der Waals surface area contributed by atoms with E-state index in [2.05, 4.69) is 21.8 Å². The molecule has 0 saturated heterocycles. The first-order valence-corrected chi connectivity index (χ1v) is 5.56. The fourth-order valence-electron chi connectivity index (χ4n) is 1.37. The van der Waals surface area contributed by atoms with Gasteiger partial charge in [0, 0.05) is 18.0 Å². The van der Waals surface area contributed by atoms with Crippen LogP contribution in [0.1, 0.15) is 11.4 Å². The van der Waals surface area contributed by atoms with Gasteiger partial charge in [0.2, 0.25) is 0 Å². The number of hydrogen-bond donors (Lipinski definition) is 1. The first kappa shape index (κ1) is 12.1. The first-order chi connectivity index (χ1) is 8.88. The first-order valence-electron chi connectivity index (χ1n) is 5.56. The molecule has 0 atom stereocenters. The van der Waals surface area contributed by atoms with Crippen molar-refractivity contribution in [3.05, 3.63) is 54.1 Å². The van der Waals surface area contributed by atoms with Gasteiger partial charge in [-0.3, -0.25) is 0 Å². The molecule has 90 valence electrons. The van der Waals surface area contributed by atoms with E-state index in [9.17, 15) is 0 Å². The van der Waals surface area contributed by atoms with Gasteiger partial charge in [0.05, 0.1) is 6.54 Å². The van der Waals surface area contributed by atoms with E-state index in [0.29, 0.717) is 19.0 Å². The van der Waals surface area contributed by atoms with E-state index >= 15 is 0 Å². The van der Waals surface area contributed by atoms with E-state index in [4.69, 9.17) is 10.5 Å². The van der Waals surface area contributed by atoms with Crippen molar-refractivity contribution < 1.29 is 4.74 Å². The zero-order valence-corrected chi connectivity index (χ0v) is 9.84. The number of rotatable bonds is 3. The molecule has 0 bridgehead atoms. The summed E-state index contributed by atoms with van der Waals surface area (Å²) in [5.74, 6) is 7.15. The van der Waals surface area contributed by atoms with Crippen LogP contribution in [0.5, 0.6) is 5.75 Å². The fourth-order valence-corrected chi connectivity index (χ4v) is 1.37. The summed E-state index contributed by atoms with van der Waals surface area (Å²) in [4.78, 5) is 8.17. The van der Waals surface area contributed by atoms with Crippen molar-refractivity contribution in [1.82, 2.24) is 9.97 Å². The molecule has 0 fully saturated rings. The minimum atomic E-state index is 0.342. The minimum absolute atomic E-state index is 0.342. The average molecular weight is 239 g/mol. The Morgan fingerprint density at radius 3 is 2.78 bits per heavy atom. The Morgan fingerprint density at radius 1 is 1.17 bits per heavy atom. The van der Waals surface area contributed by atoms with Crippen LogP contribution < -0.4 is 10.5 Å². The lowest BCUT2D eigenvalue weighted by molar-refractivity contribution is 0.295. The number of ether oxygens (including phenoxy) is 1. The topological polar surface area (TPSA) is 61.0 Å². The van der Waals surface area contributed by atoms with Crippen molar-refractivity contribution in [3.8, 4) is 17.6 Å². The van der Waals surface area contributed by atoms with Crippen molar-refractivity contribution in [2.75, 3.05) is 6.54 Å². The van der Waals surface area contributed by atoms with Crippen LogP contribution in [0.2, 0.25) is 0 Å². The molecule has 1 heterocycles. The van der Waals surface area contributed by atoms with Gasteiger partial charge >= 0.3 is 0 Å². The second kappa shape index (κ2) is 6.38. The number of hydrogen-bond acceptors (Lipinski definition) is 4. The smallest absolute Gasteiger partial charge is 0.166 e. The molecular weight excluding hydrogens is 226 g/mol. The molecule has 0 aliphatic rings. The van der Waals surface area contributed by atoms with Gasteiger partial charge in [-0.15, -0.1) is 0 Å². The zero-order valence-electron chi connectivity index (χ0n) is 9.84. The van der Waals surface area contributed by atoms with Crippen LogP contribution in [0.15, 0.2) is 42.7 Å². The van der Waals surface area contributed by atoms with Gasteiger partial charge in [-0.2, -0.15) is 0 Å². The molecule has 0 aliphatic heterocycles. The van der Waals surface area contributed by atoms with E-state index in [1.165, 1.54) is 0 Å². The Kier molecular flexibility index (Phi) is 4.28. The summed E-state index contributed by atoms with van der Waals surface area (Å²) in [6.07, 6.45) is 3.38. The molecule has 1 aromatic carbocycles. The summed E-state index contributed by atoms with van der Waals surface area (Å²) in [6, 6.07) is 9.31. The second-order valence-electron chi connectivity index (χ2n) is 3.49. The molecule has 4 heteroatoms. The van der Waals surface area contributed by atoms with E-state index in [1.807, 2.05) is 24.3 Å². The Balaban J connectivity index is 2.01. The molecule has 0 radical (unpaired) electrons. The zero-order chi connectivity index (χ0) is 12.6. The van der Waals surface area contributed by atoms with Crippen LogP contribution in [-0.4, -0.2) is 16.5 Å². The number of nitrogens with zero attached hydrogens (tertiary/aromatic N) is 2. The molecule has 18 heavy (non-hydrogen) atoms. The maximum atomic E-state index is 5.59. The van der Waals surface area contributed by atoms with Crippen molar-refractivity contribution in [2.45, 2.75) is 6.61 Å². The molecular formula is C14H13N3O. The number of aromatic nitrogens is 2. The van der Waals surface area contributed by atoms with E-state index in [-0.39, 0.29) is 0 Å². The third-order valence-electron chi connectivity index (χ3n) is 2.16. The highest BCUT2D eigenvalue weighted by Gasteiger charge is 1.98. The standard InChI is InChI=1S/C14H13N3O/c15-7-2-5-12-4-1-6-13(10-12)18-11-14-16-8-3-9-17-14/h1,3-4,6,8-10H,7,11,15H2. The summed E-state index contributed by atoms with van der Waals surface area (Å²) in [7, 11) is 0. The van der Waals surface area contributed by atoms with E-state index in [1.54, 1.807) is 18.5 Å². The highest BCUT2D eigenvalue weighted by atomic mass is 16.5. The summed E-state index contributed by atoms with van der Waals surface area (Å²) in [5.41, 5.74) is 6.21. The van der Waals surface area contributed by atoms with Gasteiger partial charge in [0.1, 0.15) is 12.4 Å². The van der Waals surface area contributed by atoms with Crippen molar-refractivity contribution >= 4 is 0 Å². The molecule has 2 N–H and O–H groups in total. The van der Waals surface area contributed by atoms with Gasteiger partial charge in [0.25, 0.3) is 0 Å². The fraction of sp³-hybridized carbons (Fsp3) is 0.143. The number of nitrogens with two attached hydrogens (primary N) is 1. The Hall–Kier alpha value is -2.38. The Bertz CT molecular complexity index is 558. The van der Waals surface area contributed by atoms with Crippen molar-refractivity contribution in [2.24, 2.45) is 5.73 Å². The molecule has 4 nitrogen and oxygen atoms in total. The van der Waals surface area contributed by atoms with Gasteiger partial charge in [-0.1, -0.05) is 17.9 Å². The quantitative estimate of drug-likeness (QED) is 0.822. The van der Waals surface area contributed by atoms with Crippen molar-refractivity contribution in [1.29, 1.82) is 0 Å². The van der Waals surface area contributed by atoms with Gasteiger partial charge in [-0.05, 0) is 24.3 Å². The lowest BCUT2D eigenvalue weighted by atomic mass is 10.2. The largest absolute Gasteiger partial charge is 0.486 e. The van der Waals surface area contributed by atoms with Gasteiger partial charge in [-0.25, -0.2) is 9.97 Å². The predicted molar refractivity (Wildman–Crippen MR) is 68.7 cm³/mol. The maximum Gasteiger partial charge on any atom is 0.166 e. The monoisotopic (exact) mass is 239 g/mol. The second-order valence-corrected chi connectivity index (χ2v) is 3.49. The summed E-state index contributed by atoms with van der Waals surface area (Å²) in [5, 5.41) is 0. The average Bonchev–Trinajstić information content (AvgIpc) is 2.44. The van der Waals surface area contributed by atoms with Crippen LogP contribution in [-0.2, 0) is 6.61 Å². The third-order valence-corrected chi connectivity index (χ3v) is 2.16. The maximum absolute atomic E-state index is 5.59. The molecule has 2 aromatic rings. The van der Waals surface area contributed by atoms with Crippen LogP contribution in [0.3, 0.4) is 0 Å². The Labute approximate surface area is 106 Å². The molecule has 0 saturated carbocycles. The summed E-state index contributed by atoms with van der Waals surface area (Å²) in [6.45, 7) is 0.692. The molecule has 2 rings (SSSR count). The summed E-state index contributed by atoms with van der Waals surface area (Å²) >= 11 is 0. The lowest BCUT2D eigenvalue weighted by Crippen LogP contribution is -2.00. The van der Waals surface area contributed by atoms with Gasteiger partial charge < -0.3 is 10.5 Å². The van der Waals surface area contributed by atoms with Crippen LogP contribution >= 0.6 is 0 Å². The molecule has 0 amide bonds. The summed E-state index contributed by atoms with van der Waals surface area (Å²) < 4.78 is 5.59. The predicted octanol–water partition coefficient (Wildman–Crippen LogP) is 1.37. The third kappa shape index (κ3) is 3.58. The highest BCUT2D eigenvalue weighted by molar-refractivity contribution is 5.39. The van der Waals surface area contributed by atoms with Gasteiger partial charge in [0.15, 0.2) is 5.82 Å². The van der Waals surface area contributed by atoms with Crippen LogP contribution in [0.4, 0.5) is 0 Å². The van der Waals surface area contributed by atoms with E-state index < -0.39 is 0 Å². The Morgan fingerprint density at radius 2 is 2.00 bits per heavy atom. The molecule has 0 unspecified atom stereocenters. The number of benzene rings is 1. The minimum Gasteiger partial charge on any atom is -0.486 e. The normalized spacial score (nSPS) is 9.39. The SMILES string of the molecule is NCC#Cc1cccc(OCc2ncccn2)c1. The lowest BCUT2D eigenvalue weighted by Gasteiger charge is -2.04. The van der Waals surface area contributed by atoms with Crippen molar-refractivity contribution in [3.63, 3.8) is 0 Å². The molecule has 1 aromatic heterocycles. The highest BCUT2D eigenvalue weighted by Crippen LogP contribution is 2.13. The van der Waals surface area contributed by atoms with Crippen LogP contribution in [0.25, 0.3) is 0 Å². The van der Waals surface area contributed by atoms with Crippen LogP contribution in [0, 0.1) is 11.8 Å². The molecule has 0 spiro atoms.